The van der Waals surface area contributed by atoms with Crippen LogP contribution in [0.15, 0.2) is 35.3 Å². The van der Waals surface area contributed by atoms with Crippen LogP contribution in [0.5, 0.6) is 0 Å². The van der Waals surface area contributed by atoms with Crippen LogP contribution in [-0.2, 0) is 6.54 Å². The Labute approximate surface area is 182 Å². The van der Waals surface area contributed by atoms with Gasteiger partial charge in [0.2, 0.25) is 0 Å². The first-order valence-corrected chi connectivity index (χ1v) is 10.1. The second kappa shape index (κ2) is 11.2. The summed E-state index contributed by atoms with van der Waals surface area (Å²) < 4.78 is 0. The van der Waals surface area contributed by atoms with Gasteiger partial charge >= 0.3 is 0 Å². The molecule has 2 atom stereocenters. The maximum atomic E-state index is 4.43. The van der Waals surface area contributed by atoms with E-state index < -0.39 is 0 Å². The fourth-order valence-corrected chi connectivity index (χ4v) is 4.04. The van der Waals surface area contributed by atoms with Crippen LogP contribution in [-0.4, -0.2) is 68.6 Å². The molecule has 27 heavy (non-hydrogen) atoms. The minimum atomic E-state index is 0. The average molecular weight is 485 g/mol. The summed E-state index contributed by atoms with van der Waals surface area (Å²) in [6, 6.07) is 12.0. The molecule has 3 rings (SSSR count). The molecule has 1 aliphatic heterocycles. The van der Waals surface area contributed by atoms with E-state index in [0.29, 0.717) is 12.1 Å². The molecule has 6 heteroatoms. The van der Waals surface area contributed by atoms with E-state index in [4.69, 9.17) is 0 Å². The third-order valence-electron chi connectivity index (χ3n) is 5.76. The fourth-order valence-electron chi connectivity index (χ4n) is 4.04. The first-order chi connectivity index (χ1) is 12.7. The SMILES string of the molecule is CN=C(NCC(C1CC1)N(C)C)NCC1CCCN1Cc1ccccc1.I. The number of likely N-dealkylation sites (tertiary alicyclic amines) is 1. The Bertz CT molecular complexity index is 571. The van der Waals surface area contributed by atoms with Crippen molar-refractivity contribution in [1.29, 1.82) is 0 Å². The van der Waals surface area contributed by atoms with Gasteiger partial charge in [0.15, 0.2) is 5.96 Å². The lowest BCUT2D eigenvalue weighted by molar-refractivity contribution is 0.244. The summed E-state index contributed by atoms with van der Waals surface area (Å²) >= 11 is 0. The highest BCUT2D eigenvalue weighted by molar-refractivity contribution is 14.0. The quantitative estimate of drug-likeness (QED) is 0.338. The summed E-state index contributed by atoms with van der Waals surface area (Å²) in [6.45, 7) is 4.17. The zero-order valence-electron chi connectivity index (χ0n) is 17.0. The summed E-state index contributed by atoms with van der Waals surface area (Å²) in [6.07, 6.45) is 5.29. The highest BCUT2D eigenvalue weighted by Gasteiger charge is 2.32. The third-order valence-corrected chi connectivity index (χ3v) is 5.76. The normalized spacial score (nSPS) is 21.8. The van der Waals surface area contributed by atoms with Crippen molar-refractivity contribution in [2.75, 3.05) is 40.8 Å². The van der Waals surface area contributed by atoms with Crippen LogP contribution in [0.3, 0.4) is 0 Å². The first-order valence-electron chi connectivity index (χ1n) is 10.1. The van der Waals surface area contributed by atoms with Gasteiger partial charge in [0.1, 0.15) is 0 Å². The molecule has 152 valence electrons. The molecule has 1 aliphatic carbocycles. The summed E-state index contributed by atoms with van der Waals surface area (Å²) in [5.41, 5.74) is 1.40. The fraction of sp³-hybridized carbons (Fsp3) is 0.667. The zero-order valence-corrected chi connectivity index (χ0v) is 19.4. The van der Waals surface area contributed by atoms with Crippen LogP contribution < -0.4 is 10.6 Å². The Hall–Kier alpha value is -0.860. The molecule has 0 radical (unpaired) electrons. The van der Waals surface area contributed by atoms with Gasteiger partial charge in [0.05, 0.1) is 0 Å². The Morgan fingerprint density at radius 1 is 1.19 bits per heavy atom. The van der Waals surface area contributed by atoms with Gasteiger partial charge in [-0.25, -0.2) is 0 Å². The number of benzene rings is 1. The van der Waals surface area contributed by atoms with E-state index in [0.717, 1.165) is 31.5 Å². The van der Waals surface area contributed by atoms with Crippen molar-refractivity contribution >= 4 is 29.9 Å². The first kappa shape index (κ1) is 22.4. The molecular weight excluding hydrogens is 449 g/mol. The van der Waals surface area contributed by atoms with Gasteiger partial charge < -0.3 is 15.5 Å². The van der Waals surface area contributed by atoms with Gasteiger partial charge in [-0.1, -0.05) is 30.3 Å². The van der Waals surface area contributed by atoms with Gasteiger partial charge in [-0.15, -0.1) is 24.0 Å². The molecule has 5 nitrogen and oxygen atoms in total. The number of nitrogens with one attached hydrogen (secondary N) is 2. The Morgan fingerprint density at radius 2 is 1.93 bits per heavy atom. The molecule has 2 aliphatic rings. The molecule has 0 aromatic heterocycles. The Kier molecular flexibility index (Phi) is 9.32. The lowest BCUT2D eigenvalue weighted by atomic mass is 10.1. The Balaban J connectivity index is 0.00000261. The van der Waals surface area contributed by atoms with Crippen LogP contribution in [0, 0.1) is 5.92 Å². The maximum absolute atomic E-state index is 4.43. The van der Waals surface area contributed by atoms with Gasteiger partial charge in [-0.2, -0.15) is 0 Å². The molecular formula is C21H36IN5. The molecule has 1 aromatic carbocycles. The predicted molar refractivity (Wildman–Crippen MR) is 125 cm³/mol. The second-order valence-electron chi connectivity index (χ2n) is 7.95. The van der Waals surface area contributed by atoms with Crippen LogP contribution in [0.4, 0.5) is 0 Å². The van der Waals surface area contributed by atoms with Crippen LogP contribution in [0.2, 0.25) is 0 Å². The number of aliphatic imine (C=N–C) groups is 1. The number of likely N-dealkylation sites (N-methyl/N-ethyl adjacent to an activating group) is 1. The van der Waals surface area contributed by atoms with Crippen molar-refractivity contribution in [3.63, 3.8) is 0 Å². The smallest absolute Gasteiger partial charge is 0.191 e. The molecule has 1 saturated heterocycles. The largest absolute Gasteiger partial charge is 0.355 e. The molecule has 1 aromatic rings. The molecule has 0 spiro atoms. The zero-order chi connectivity index (χ0) is 18.4. The molecule has 0 bridgehead atoms. The van der Waals surface area contributed by atoms with Gasteiger partial charge in [-0.3, -0.25) is 9.89 Å². The second-order valence-corrected chi connectivity index (χ2v) is 7.95. The van der Waals surface area contributed by atoms with Crippen molar-refractivity contribution in [3.05, 3.63) is 35.9 Å². The summed E-state index contributed by atoms with van der Waals surface area (Å²) in [7, 11) is 6.23. The summed E-state index contributed by atoms with van der Waals surface area (Å²) in [5.74, 6) is 1.79. The highest BCUT2D eigenvalue weighted by atomic mass is 127. The van der Waals surface area contributed by atoms with Crippen molar-refractivity contribution in [1.82, 2.24) is 20.4 Å². The number of nitrogens with zero attached hydrogens (tertiary/aromatic N) is 3. The molecule has 2 fully saturated rings. The van der Waals surface area contributed by atoms with E-state index in [9.17, 15) is 0 Å². The van der Waals surface area contributed by atoms with Crippen LogP contribution in [0.25, 0.3) is 0 Å². The number of halogens is 1. The number of rotatable bonds is 8. The molecule has 0 amide bonds. The van der Waals surface area contributed by atoms with Crippen molar-refractivity contribution in [3.8, 4) is 0 Å². The topological polar surface area (TPSA) is 42.9 Å². The molecule has 1 heterocycles. The predicted octanol–water partition coefficient (Wildman–Crippen LogP) is 2.77. The van der Waals surface area contributed by atoms with Crippen LogP contribution in [0.1, 0.15) is 31.2 Å². The van der Waals surface area contributed by atoms with Crippen LogP contribution >= 0.6 is 24.0 Å². The standard InChI is InChI=1S/C21H35N5.HI/c1-22-21(24-15-20(25(2)3)18-11-12-18)23-14-19-10-7-13-26(19)16-17-8-5-4-6-9-17;/h4-6,8-9,18-20H,7,10-16H2,1-3H3,(H2,22,23,24);1H. The van der Waals surface area contributed by atoms with Crippen molar-refractivity contribution < 1.29 is 0 Å². The number of guanidine groups is 1. The summed E-state index contributed by atoms with van der Waals surface area (Å²) in [4.78, 5) is 9.37. The molecule has 2 unspecified atom stereocenters. The van der Waals surface area contributed by atoms with E-state index in [1.54, 1.807) is 0 Å². The molecule has 2 N–H and O–H groups in total. The van der Waals surface area contributed by atoms with E-state index in [1.165, 1.54) is 37.8 Å². The van der Waals surface area contributed by atoms with Gasteiger partial charge in [0.25, 0.3) is 0 Å². The Morgan fingerprint density at radius 3 is 2.56 bits per heavy atom. The lowest BCUT2D eigenvalue weighted by Crippen LogP contribution is -2.48. The third kappa shape index (κ3) is 6.91. The highest BCUT2D eigenvalue weighted by Crippen LogP contribution is 2.34. The minimum Gasteiger partial charge on any atom is -0.355 e. The van der Waals surface area contributed by atoms with Crippen molar-refractivity contribution in [2.24, 2.45) is 10.9 Å². The van der Waals surface area contributed by atoms with E-state index in [2.05, 4.69) is 69.9 Å². The monoisotopic (exact) mass is 485 g/mol. The molecule has 1 saturated carbocycles. The lowest BCUT2D eigenvalue weighted by Gasteiger charge is -2.27. The maximum Gasteiger partial charge on any atom is 0.191 e. The average Bonchev–Trinajstić information content (AvgIpc) is 3.38. The summed E-state index contributed by atoms with van der Waals surface area (Å²) in [5, 5.41) is 7.10. The van der Waals surface area contributed by atoms with Gasteiger partial charge in [-0.05, 0) is 57.8 Å². The number of hydrogen-bond donors (Lipinski definition) is 2. The minimum absolute atomic E-state index is 0. The van der Waals surface area contributed by atoms with E-state index in [-0.39, 0.29) is 24.0 Å². The van der Waals surface area contributed by atoms with E-state index in [1.807, 2.05) is 7.05 Å². The number of hydrogen-bond acceptors (Lipinski definition) is 3. The van der Waals surface area contributed by atoms with E-state index >= 15 is 0 Å². The van der Waals surface area contributed by atoms with Crippen molar-refractivity contribution in [2.45, 2.75) is 44.3 Å². The van der Waals surface area contributed by atoms with Gasteiger partial charge in [0, 0.05) is 38.8 Å².